The van der Waals surface area contributed by atoms with Crippen LogP contribution >= 0.6 is 0 Å². The number of nitrogens with two attached hydrogens (primary N) is 1. The number of hydrogen-bond acceptors (Lipinski definition) is 8. The second-order valence-corrected chi connectivity index (χ2v) is 21.2. The van der Waals surface area contributed by atoms with E-state index in [0.29, 0.717) is 65.5 Å². The van der Waals surface area contributed by atoms with E-state index >= 15 is 0 Å². The smallest absolute Gasteiger partial charge is 0.407 e. The van der Waals surface area contributed by atoms with E-state index in [0.717, 1.165) is 63.4 Å². The highest BCUT2D eigenvalue weighted by molar-refractivity contribution is 5.75. The molecule has 2 atom stereocenters. The van der Waals surface area contributed by atoms with E-state index in [4.69, 9.17) is 29.8 Å². The summed E-state index contributed by atoms with van der Waals surface area (Å²) in [5, 5.41) is 14.7. The topological polar surface area (TPSA) is 141 Å². The molecule has 400 valence electrons. The fourth-order valence-corrected chi connectivity index (χ4v) is 9.32. The monoisotopic (exact) mass is 954 g/mol. The molecule has 0 saturated heterocycles. The Kier molecular flexibility index (Phi) is 47.1. The number of aliphatic hydroxyl groups excluding tert-OH is 1. The summed E-state index contributed by atoms with van der Waals surface area (Å²) in [6.07, 6.45) is 44.3. The van der Waals surface area contributed by atoms with Gasteiger partial charge in [0.15, 0.2) is 0 Å². The molecular weight excluding hydrogens is 839 g/mol. The lowest BCUT2D eigenvalue weighted by molar-refractivity contribution is -0.121. The van der Waals surface area contributed by atoms with Crippen molar-refractivity contribution < 1.29 is 33.6 Å². The summed E-state index contributed by atoms with van der Waals surface area (Å²) in [6.45, 7) is 17.9. The van der Waals surface area contributed by atoms with Gasteiger partial charge in [0.25, 0.3) is 0 Å². The molecule has 0 aliphatic rings. The number of amides is 2. The first-order valence-corrected chi connectivity index (χ1v) is 28.8. The Morgan fingerprint density at radius 2 is 0.970 bits per heavy atom. The minimum atomic E-state index is -0.382. The van der Waals surface area contributed by atoms with Crippen LogP contribution in [0.5, 0.6) is 0 Å². The zero-order valence-corrected chi connectivity index (χ0v) is 45.4. The standard InChI is InChI=1S/C57H115N3O7/c1-7-37-53(52(8-2)38-30-25-21-17-13-10-9-11-15-19-23-27-34-46-61)39-31-26-22-18-14-12-16-20-24-28-35-47-64-48-36-49-65-55(63)60-44-33-29-32-40-54(62)59-45-41-56(3,4)66-50-42-57(5,6)67-51-43-58/h52-53,61H,7-51,58H2,1-6H3,(H,59,62)(H,60,63). The number of unbranched alkanes of at least 4 members (excludes halogenated alkanes) is 24. The SMILES string of the molecule is CCCC(CCCCCCCCCCCCCOCCCOC(=O)NCCCCCC(=O)NCCC(C)(C)OCCC(C)(C)OCCN)C(CC)CCCCCCCCCCCCCCCO. The molecule has 2 unspecified atom stereocenters. The Bertz CT molecular complexity index is 1060. The van der Waals surface area contributed by atoms with Crippen molar-refractivity contribution in [3.8, 4) is 0 Å². The normalized spacial score (nSPS) is 13.0. The summed E-state index contributed by atoms with van der Waals surface area (Å²) in [5.41, 5.74) is 4.94. The Morgan fingerprint density at radius 3 is 1.51 bits per heavy atom. The molecule has 0 heterocycles. The quantitative estimate of drug-likeness (QED) is 0.0442. The van der Waals surface area contributed by atoms with Gasteiger partial charge < -0.3 is 40.4 Å². The zero-order valence-electron chi connectivity index (χ0n) is 45.4. The van der Waals surface area contributed by atoms with Crippen LogP contribution < -0.4 is 16.4 Å². The van der Waals surface area contributed by atoms with Crippen molar-refractivity contribution in [2.75, 3.05) is 59.3 Å². The predicted octanol–water partition coefficient (Wildman–Crippen LogP) is 14.7. The molecule has 0 spiro atoms. The minimum Gasteiger partial charge on any atom is -0.449 e. The van der Waals surface area contributed by atoms with Gasteiger partial charge in [-0.2, -0.15) is 0 Å². The summed E-state index contributed by atoms with van der Waals surface area (Å²) in [5.74, 6) is 1.95. The molecule has 5 N–H and O–H groups in total. The number of ether oxygens (including phenoxy) is 4. The number of aliphatic hydroxyl groups is 1. The molecule has 0 aromatic heterocycles. The number of carbonyl (C=O) groups excluding carboxylic acids is 2. The van der Waals surface area contributed by atoms with Gasteiger partial charge >= 0.3 is 6.09 Å². The molecular formula is C57H115N3O7. The van der Waals surface area contributed by atoms with E-state index in [1.54, 1.807) is 0 Å². The average molecular weight is 955 g/mol. The van der Waals surface area contributed by atoms with Crippen LogP contribution in [0, 0.1) is 11.8 Å². The molecule has 0 aromatic rings. The van der Waals surface area contributed by atoms with Crippen LogP contribution in [0.2, 0.25) is 0 Å². The molecule has 67 heavy (non-hydrogen) atoms. The van der Waals surface area contributed by atoms with Crippen molar-refractivity contribution >= 4 is 12.0 Å². The third-order valence-corrected chi connectivity index (χ3v) is 13.8. The van der Waals surface area contributed by atoms with Crippen molar-refractivity contribution in [1.29, 1.82) is 0 Å². The molecule has 0 aliphatic heterocycles. The van der Waals surface area contributed by atoms with Crippen molar-refractivity contribution in [1.82, 2.24) is 10.6 Å². The second kappa shape index (κ2) is 48.2. The van der Waals surface area contributed by atoms with Crippen LogP contribution in [0.1, 0.15) is 273 Å². The van der Waals surface area contributed by atoms with E-state index in [2.05, 4.69) is 24.5 Å². The second-order valence-electron chi connectivity index (χ2n) is 21.2. The first-order chi connectivity index (χ1) is 32.5. The van der Waals surface area contributed by atoms with Gasteiger partial charge in [-0.25, -0.2) is 4.79 Å². The van der Waals surface area contributed by atoms with E-state index in [-0.39, 0.29) is 23.2 Å². The van der Waals surface area contributed by atoms with Crippen LogP contribution in [-0.4, -0.2) is 87.6 Å². The number of hydrogen-bond donors (Lipinski definition) is 4. The minimum absolute atomic E-state index is 0.0524. The predicted molar refractivity (Wildman–Crippen MR) is 284 cm³/mol. The molecule has 0 saturated carbocycles. The fraction of sp³-hybridized carbons (Fsp3) is 0.965. The number of nitrogens with one attached hydrogen (secondary N) is 2. The Balaban J connectivity index is 3.60. The molecule has 2 amide bonds. The first-order valence-electron chi connectivity index (χ1n) is 28.8. The first kappa shape index (κ1) is 65.5. The van der Waals surface area contributed by atoms with E-state index in [1.807, 2.05) is 27.7 Å². The number of alkyl carbamates (subject to hydrolysis) is 1. The lowest BCUT2D eigenvalue weighted by atomic mass is 9.80. The molecule has 10 nitrogen and oxygen atoms in total. The highest BCUT2D eigenvalue weighted by atomic mass is 16.5. The summed E-state index contributed by atoms with van der Waals surface area (Å²) in [4.78, 5) is 24.3. The fourth-order valence-electron chi connectivity index (χ4n) is 9.32. The van der Waals surface area contributed by atoms with Gasteiger partial charge in [-0.15, -0.1) is 0 Å². The van der Waals surface area contributed by atoms with Gasteiger partial charge in [-0.05, 0) is 78.1 Å². The summed E-state index contributed by atoms with van der Waals surface area (Å²) in [6, 6.07) is 0. The van der Waals surface area contributed by atoms with Crippen molar-refractivity contribution in [2.45, 2.75) is 284 Å². The Morgan fingerprint density at radius 1 is 0.493 bits per heavy atom. The molecule has 10 heteroatoms. The third-order valence-electron chi connectivity index (χ3n) is 13.8. The van der Waals surface area contributed by atoms with Gasteiger partial charge in [-0.1, -0.05) is 194 Å². The number of rotatable bonds is 53. The molecule has 0 fully saturated rings. The van der Waals surface area contributed by atoms with Gasteiger partial charge in [0.2, 0.25) is 5.91 Å². The molecule has 0 aromatic carbocycles. The van der Waals surface area contributed by atoms with E-state index < -0.39 is 0 Å². The van der Waals surface area contributed by atoms with Gasteiger partial charge in [0.05, 0.1) is 31.0 Å². The highest BCUT2D eigenvalue weighted by Gasteiger charge is 2.23. The van der Waals surface area contributed by atoms with Crippen molar-refractivity contribution in [3.63, 3.8) is 0 Å². The van der Waals surface area contributed by atoms with E-state index in [1.165, 1.54) is 173 Å². The lowest BCUT2D eigenvalue weighted by Crippen LogP contribution is -2.35. The maximum absolute atomic E-state index is 12.3. The number of carbonyl (C=O) groups is 2. The third kappa shape index (κ3) is 46.7. The van der Waals surface area contributed by atoms with Crippen LogP contribution in [-0.2, 0) is 23.7 Å². The van der Waals surface area contributed by atoms with Crippen LogP contribution in [0.4, 0.5) is 4.79 Å². The Hall–Kier alpha value is -1.46. The van der Waals surface area contributed by atoms with Gasteiger partial charge in [0, 0.05) is 52.3 Å². The zero-order chi connectivity index (χ0) is 49.4. The van der Waals surface area contributed by atoms with Crippen molar-refractivity contribution in [3.05, 3.63) is 0 Å². The van der Waals surface area contributed by atoms with Crippen LogP contribution in [0.15, 0.2) is 0 Å². The molecule has 0 rings (SSSR count). The van der Waals surface area contributed by atoms with Crippen molar-refractivity contribution in [2.24, 2.45) is 17.6 Å². The largest absolute Gasteiger partial charge is 0.449 e. The van der Waals surface area contributed by atoms with Crippen LogP contribution in [0.3, 0.4) is 0 Å². The molecule has 0 bridgehead atoms. The van der Waals surface area contributed by atoms with Gasteiger partial charge in [-0.3, -0.25) is 4.79 Å². The van der Waals surface area contributed by atoms with Gasteiger partial charge in [0.1, 0.15) is 0 Å². The summed E-state index contributed by atoms with van der Waals surface area (Å²) < 4.78 is 22.9. The van der Waals surface area contributed by atoms with E-state index in [9.17, 15) is 9.59 Å². The molecule has 0 aliphatic carbocycles. The molecule has 0 radical (unpaired) electrons. The maximum Gasteiger partial charge on any atom is 0.407 e. The summed E-state index contributed by atoms with van der Waals surface area (Å²) >= 11 is 0. The maximum atomic E-state index is 12.3. The lowest BCUT2D eigenvalue weighted by Gasteiger charge is -2.29. The average Bonchev–Trinajstić information content (AvgIpc) is 3.29. The van der Waals surface area contributed by atoms with Crippen LogP contribution in [0.25, 0.3) is 0 Å². The highest BCUT2D eigenvalue weighted by Crippen LogP contribution is 2.31. The summed E-state index contributed by atoms with van der Waals surface area (Å²) in [7, 11) is 0. The Labute approximate surface area is 415 Å².